The maximum Gasteiger partial charge on any atom is 0.215 e. The highest BCUT2D eigenvalue weighted by molar-refractivity contribution is 7.95. The molecule has 1 aromatic rings. The summed E-state index contributed by atoms with van der Waals surface area (Å²) in [4.78, 5) is 2.18. The predicted octanol–water partition coefficient (Wildman–Crippen LogP) is 1.07. The molecule has 0 amide bonds. The molecule has 140 valence electrons. The molecule has 2 aliphatic heterocycles. The molecular weight excluding hydrogens is 367 g/mol. The number of nitrogens with one attached hydrogen (secondary N) is 1. The number of hydrogen-bond acceptors (Lipinski definition) is 5. The fraction of sp³-hybridized carbons (Fsp3) is 0.625. The lowest BCUT2D eigenvalue weighted by atomic mass is 10.1. The van der Waals surface area contributed by atoms with Crippen molar-refractivity contribution in [1.82, 2.24) is 9.62 Å². The smallest absolute Gasteiger partial charge is 0.215 e. The summed E-state index contributed by atoms with van der Waals surface area (Å²) in [6, 6.07) is 5.91. The van der Waals surface area contributed by atoms with Crippen molar-refractivity contribution in [2.45, 2.75) is 30.6 Å². The molecule has 2 fully saturated rings. The third-order valence-electron chi connectivity index (χ3n) is 4.94. The molecule has 0 saturated carbocycles. The number of rotatable bonds is 6. The van der Waals surface area contributed by atoms with Gasteiger partial charge >= 0.3 is 0 Å². The molecule has 0 bridgehead atoms. The van der Waals surface area contributed by atoms with Gasteiger partial charge in [-0.3, -0.25) is 4.90 Å². The molecule has 0 spiro atoms. The lowest BCUT2D eigenvalue weighted by Crippen LogP contribution is -2.41. The molecule has 3 rings (SSSR count). The van der Waals surface area contributed by atoms with Crippen LogP contribution in [-0.4, -0.2) is 58.1 Å². The largest absolute Gasteiger partial charge is 0.295 e. The number of sulfonamides is 1. The van der Waals surface area contributed by atoms with Crippen LogP contribution in [0.3, 0.4) is 0 Å². The highest BCUT2D eigenvalue weighted by Gasteiger charge is 2.37. The van der Waals surface area contributed by atoms with Crippen LogP contribution in [0.15, 0.2) is 24.3 Å². The molecule has 0 radical (unpaired) electrons. The topological polar surface area (TPSA) is 83.5 Å². The molecule has 1 aromatic carbocycles. The summed E-state index contributed by atoms with van der Waals surface area (Å²) >= 11 is 0. The van der Waals surface area contributed by atoms with Gasteiger partial charge in [0.15, 0.2) is 9.84 Å². The summed E-state index contributed by atoms with van der Waals surface area (Å²) < 4.78 is 63.8. The van der Waals surface area contributed by atoms with Crippen LogP contribution >= 0.6 is 0 Å². The molecule has 0 unspecified atom stereocenters. The van der Waals surface area contributed by atoms with Crippen LogP contribution < -0.4 is 4.72 Å². The van der Waals surface area contributed by atoms with E-state index in [-0.39, 0.29) is 36.3 Å². The number of hydrogen-bond donors (Lipinski definition) is 1. The Kier molecular flexibility index (Phi) is 5.48. The first-order valence-electron chi connectivity index (χ1n) is 8.45. The second-order valence-corrected chi connectivity index (χ2v) is 11.0. The summed E-state index contributed by atoms with van der Waals surface area (Å²) in [5, 5.41) is -0.884. The maximum atomic E-state index is 13.2. The highest BCUT2D eigenvalue weighted by atomic mass is 32.2. The average Bonchev–Trinajstić information content (AvgIpc) is 3.19. The Labute approximate surface area is 148 Å². The van der Waals surface area contributed by atoms with Crippen LogP contribution in [0.2, 0.25) is 0 Å². The van der Waals surface area contributed by atoms with Crippen molar-refractivity contribution in [2.75, 3.05) is 31.1 Å². The molecule has 0 aromatic heterocycles. The molecule has 2 saturated heterocycles. The summed E-state index contributed by atoms with van der Waals surface area (Å²) in [6.45, 7) is 1.88. The van der Waals surface area contributed by atoms with E-state index < -0.39 is 25.1 Å². The van der Waals surface area contributed by atoms with Crippen molar-refractivity contribution < 1.29 is 21.2 Å². The Balaban J connectivity index is 1.73. The minimum Gasteiger partial charge on any atom is -0.295 e. The second kappa shape index (κ2) is 7.30. The predicted molar refractivity (Wildman–Crippen MR) is 93.9 cm³/mol. The zero-order valence-corrected chi connectivity index (χ0v) is 15.5. The lowest BCUT2D eigenvalue weighted by Gasteiger charge is -2.28. The van der Waals surface area contributed by atoms with Gasteiger partial charge in [-0.05, 0) is 50.0 Å². The van der Waals surface area contributed by atoms with Gasteiger partial charge in [0, 0.05) is 12.6 Å². The van der Waals surface area contributed by atoms with Crippen LogP contribution in [0.25, 0.3) is 0 Å². The summed E-state index contributed by atoms with van der Waals surface area (Å²) in [5.74, 6) is -0.722. The van der Waals surface area contributed by atoms with Crippen molar-refractivity contribution in [2.24, 2.45) is 0 Å². The van der Waals surface area contributed by atoms with Crippen LogP contribution in [0.5, 0.6) is 0 Å². The van der Waals surface area contributed by atoms with Gasteiger partial charge in [0.05, 0.1) is 16.8 Å². The molecule has 2 aliphatic rings. The molecule has 2 atom stereocenters. The highest BCUT2D eigenvalue weighted by Crippen LogP contribution is 2.26. The monoisotopic (exact) mass is 390 g/mol. The Bertz CT molecular complexity index is 803. The van der Waals surface area contributed by atoms with Crippen molar-refractivity contribution in [3.05, 3.63) is 35.6 Å². The molecule has 6 nitrogen and oxygen atoms in total. The number of halogens is 1. The van der Waals surface area contributed by atoms with Crippen LogP contribution in [0.4, 0.5) is 4.39 Å². The van der Waals surface area contributed by atoms with Crippen LogP contribution in [0.1, 0.15) is 30.9 Å². The molecule has 2 heterocycles. The maximum absolute atomic E-state index is 13.2. The van der Waals surface area contributed by atoms with E-state index in [1.807, 2.05) is 0 Å². The van der Waals surface area contributed by atoms with Crippen molar-refractivity contribution in [3.63, 3.8) is 0 Å². The van der Waals surface area contributed by atoms with Crippen molar-refractivity contribution in [1.29, 1.82) is 0 Å². The zero-order chi connectivity index (χ0) is 18.1. The quantitative estimate of drug-likeness (QED) is 0.786. The van der Waals surface area contributed by atoms with E-state index in [9.17, 15) is 21.2 Å². The summed E-state index contributed by atoms with van der Waals surface area (Å²) in [7, 11) is -6.96. The van der Waals surface area contributed by atoms with E-state index in [2.05, 4.69) is 9.62 Å². The normalized spacial score (nSPS) is 25.2. The summed E-state index contributed by atoms with van der Waals surface area (Å²) in [5.41, 5.74) is 0.852. The molecule has 1 N–H and O–H groups in total. The number of benzene rings is 1. The Morgan fingerprint density at radius 3 is 2.40 bits per heavy atom. The summed E-state index contributed by atoms with van der Waals surface area (Å²) in [6.07, 6.45) is 2.24. The Morgan fingerprint density at radius 1 is 1.20 bits per heavy atom. The van der Waals surface area contributed by atoms with Crippen molar-refractivity contribution >= 4 is 19.9 Å². The first-order valence-corrected chi connectivity index (χ1v) is 11.8. The molecule has 25 heavy (non-hydrogen) atoms. The van der Waals surface area contributed by atoms with E-state index in [1.165, 1.54) is 12.1 Å². The van der Waals surface area contributed by atoms with Gasteiger partial charge in [0.2, 0.25) is 10.0 Å². The van der Waals surface area contributed by atoms with Crippen LogP contribution in [-0.2, 0) is 19.9 Å². The molecule has 0 aliphatic carbocycles. The zero-order valence-electron chi connectivity index (χ0n) is 13.9. The number of sulfone groups is 1. The lowest BCUT2D eigenvalue weighted by molar-refractivity contribution is 0.246. The van der Waals surface area contributed by atoms with Gasteiger partial charge in [-0.2, -0.15) is 0 Å². The van der Waals surface area contributed by atoms with Crippen molar-refractivity contribution in [3.8, 4) is 0 Å². The van der Waals surface area contributed by atoms with E-state index in [0.29, 0.717) is 0 Å². The minimum absolute atomic E-state index is 0.0773. The van der Waals surface area contributed by atoms with E-state index in [1.54, 1.807) is 12.1 Å². The minimum atomic E-state index is -3.70. The van der Waals surface area contributed by atoms with E-state index in [4.69, 9.17) is 0 Å². The molecular formula is C16H23FN2O4S2. The van der Waals surface area contributed by atoms with Gasteiger partial charge in [0.1, 0.15) is 5.82 Å². The standard InChI is InChI=1S/C16H23FN2O4S2/c17-14-5-3-13(4-6-14)16(19-8-1-2-9-19)11-18-25(22,23)15-7-10-24(20,21)12-15/h3-6,15-16,18H,1-2,7-12H2/t15-,16-/m1/s1. The SMILES string of the molecule is O=S1(=O)CC[C@@H](S(=O)(=O)NC[C@H](c2ccc(F)cc2)N2CCCC2)C1. The Morgan fingerprint density at radius 2 is 1.84 bits per heavy atom. The fourth-order valence-corrected chi connectivity index (χ4v) is 7.60. The van der Waals surface area contributed by atoms with Gasteiger partial charge in [-0.25, -0.2) is 25.9 Å². The van der Waals surface area contributed by atoms with Gasteiger partial charge in [-0.15, -0.1) is 0 Å². The average molecular weight is 391 g/mol. The first-order chi connectivity index (χ1) is 11.8. The second-order valence-electron chi connectivity index (χ2n) is 6.73. The van der Waals surface area contributed by atoms with E-state index in [0.717, 1.165) is 31.5 Å². The fourth-order valence-electron chi connectivity index (χ4n) is 3.51. The Hall–Kier alpha value is -1.03. The molecule has 9 heteroatoms. The third-order valence-corrected chi connectivity index (χ3v) is 8.77. The van der Waals surface area contributed by atoms with Gasteiger partial charge < -0.3 is 0 Å². The van der Waals surface area contributed by atoms with Gasteiger partial charge in [-0.1, -0.05) is 12.1 Å². The first kappa shape index (κ1) is 18.8. The van der Waals surface area contributed by atoms with Crippen LogP contribution in [0, 0.1) is 5.82 Å². The number of nitrogens with zero attached hydrogens (tertiary/aromatic N) is 1. The van der Waals surface area contributed by atoms with Gasteiger partial charge in [0.25, 0.3) is 0 Å². The van der Waals surface area contributed by atoms with E-state index >= 15 is 0 Å². The number of likely N-dealkylation sites (tertiary alicyclic amines) is 1. The third kappa shape index (κ3) is 4.58.